The van der Waals surface area contributed by atoms with E-state index in [4.69, 9.17) is 0 Å². The van der Waals surface area contributed by atoms with Gasteiger partial charge in [-0.15, -0.1) is 11.3 Å². The van der Waals surface area contributed by atoms with Crippen LogP contribution in [0, 0.1) is 12.7 Å². The van der Waals surface area contributed by atoms with E-state index in [9.17, 15) is 9.18 Å². The Kier molecular flexibility index (Phi) is 4.45. The standard InChI is InChI=1S/C20H17FN4OS/c1-13-23-18-9-15(3-8-19(18)27-13)20(26)24(2)11-14-10-22-25(12-14)17-6-4-16(21)5-7-17/h3-10,12H,11H2,1-2H3. The van der Waals surface area contributed by atoms with Gasteiger partial charge >= 0.3 is 0 Å². The van der Waals surface area contributed by atoms with E-state index in [2.05, 4.69) is 10.1 Å². The number of aromatic nitrogens is 3. The summed E-state index contributed by atoms with van der Waals surface area (Å²) in [5.41, 5.74) is 3.11. The van der Waals surface area contributed by atoms with Gasteiger partial charge in [-0.3, -0.25) is 4.79 Å². The first kappa shape index (κ1) is 17.4. The van der Waals surface area contributed by atoms with E-state index in [-0.39, 0.29) is 11.7 Å². The maximum absolute atomic E-state index is 13.1. The van der Waals surface area contributed by atoms with Gasteiger partial charge in [0.25, 0.3) is 5.91 Å². The summed E-state index contributed by atoms with van der Waals surface area (Å²) in [4.78, 5) is 18.8. The van der Waals surface area contributed by atoms with Gasteiger partial charge in [-0.1, -0.05) is 0 Å². The van der Waals surface area contributed by atoms with Crippen LogP contribution in [-0.4, -0.2) is 32.6 Å². The van der Waals surface area contributed by atoms with Crippen LogP contribution in [-0.2, 0) is 6.54 Å². The molecule has 7 heteroatoms. The van der Waals surface area contributed by atoms with Crippen molar-refractivity contribution in [1.82, 2.24) is 19.7 Å². The zero-order valence-corrected chi connectivity index (χ0v) is 15.7. The van der Waals surface area contributed by atoms with Crippen LogP contribution < -0.4 is 0 Å². The highest BCUT2D eigenvalue weighted by atomic mass is 32.1. The fourth-order valence-electron chi connectivity index (χ4n) is 2.92. The Balaban J connectivity index is 1.50. The Morgan fingerprint density at radius 1 is 1.22 bits per heavy atom. The van der Waals surface area contributed by atoms with Crippen LogP contribution in [0.4, 0.5) is 4.39 Å². The Bertz CT molecular complexity index is 1120. The molecule has 4 aromatic rings. The van der Waals surface area contributed by atoms with Crippen molar-refractivity contribution in [2.45, 2.75) is 13.5 Å². The van der Waals surface area contributed by atoms with Crippen LogP contribution in [0.2, 0.25) is 0 Å². The second kappa shape index (κ2) is 6.92. The summed E-state index contributed by atoms with van der Waals surface area (Å²) in [6.45, 7) is 2.38. The molecule has 0 saturated heterocycles. The zero-order valence-electron chi connectivity index (χ0n) is 14.9. The number of aryl methyl sites for hydroxylation is 1. The number of carbonyl (C=O) groups excluding carboxylic acids is 1. The maximum Gasteiger partial charge on any atom is 0.253 e. The molecule has 4 rings (SSSR count). The highest BCUT2D eigenvalue weighted by Gasteiger charge is 2.14. The molecule has 2 aromatic carbocycles. The van der Waals surface area contributed by atoms with Crippen molar-refractivity contribution in [3.63, 3.8) is 0 Å². The largest absolute Gasteiger partial charge is 0.337 e. The number of halogens is 1. The molecule has 0 atom stereocenters. The van der Waals surface area contributed by atoms with Gasteiger partial charge in [0.05, 0.1) is 27.1 Å². The molecule has 0 saturated carbocycles. The van der Waals surface area contributed by atoms with E-state index in [1.54, 1.807) is 46.3 Å². The predicted molar refractivity (Wildman–Crippen MR) is 104 cm³/mol. The van der Waals surface area contributed by atoms with Gasteiger partial charge in [-0.25, -0.2) is 14.1 Å². The summed E-state index contributed by atoms with van der Waals surface area (Å²) in [6, 6.07) is 11.7. The molecule has 2 heterocycles. The zero-order chi connectivity index (χ0) is 19.0. The third-order valence-electron chi connectivity index (χ3n) is 4.24. The molecule has 0 aliphatic heterocycles. The normalized spacial score (nSPS) is 11.1. The van der Waals surface area contributed by atoms with Crippen LogP contribution in [0.1, 0.15) is 20.9 Å². The van der Waals surface area contributed by atoms with E-state index in [1.807, 2.05) is 31.3 Å². The molecular weight excluding hydrogens is 363 g/mol. The summed E-state index contributed by atoms with van der Waals surface area (Å²) < 4.78 is 15.8. The fourth-order valence-corrected chi connectivity index (χ4v) is 3.73. The lowest BCUT2D eigenvalue weighted by atomic mass is 10.2. The molecule has 0 radical (unpaired) electrons. The van der Waals surface area contributed by atoms with Gasteiger partial charge < -0.3 is 4.90 Å². The Morgan fingerprint density at radius 3 is 2.78 bits per heavy atom. The van der Waals surface area contributed by atoms with Crippen molar-refractivity contribution in [3.05, 3.63) is 76.8 Å². The molecule has 1 amide bonds. The van der Waals surface area contributed by atoms with E-state index in [0.29, 0.717) is 12.1 Å². The van der Waals surface area contributed by atoms with Crippen molar-refractivity contribution in [1.29, 1.82) is 0 Å². The van der Waals surface area contributed by atoms with Crippen LogP contribution in [0.5, 0.6) is 0 Å². The summed E-state index contributed by atoms with van der Waals surface area (Å²) in [7, 11) is 1.76. The first-order valence-corrected chi connectivity index (χ1v) is 9.23. The smallest absolute Gasteiger partial charge is 0.253 e. The number of thiazole rings is 1. The Hall–Kier alpha value is -3.06. The van der Waals surface area contributed by atoms with E-state index in [0.717, 1.165) is 26.5 Å². The lowest BCUT2D eigenvalue weighted by Gasteiger charge is -2.16. The van der Waals surface area contributed by atoms with Gasteiger partial charge in [0.1, 0.15) is 5.82 Å². The average Bonchev–Trinajstić information content (AvgIpc) is 3.26. The first-order chi connectivity index (χ1) is 13.0. The SMILES string of the molecule is Cc1nc2cc(C(=O)N(C)Cc3cnn(-c4ccc(F)cc4)c3)ccc2s1. The molecule has 0 bridgehead atoms. The Labute approximate surface area is 159 Å². The number of hydrogen-bond donors (Lipinski definition) is 0. The number of carbonyl (C=O) groups is 1. The minimum atomic E-state index is -0.288. The van der Waals surface area contributed by atoms with E-state index in [1.165, 1.54) is 12.1 Å². The Morgan fingerprint density at radius 2 is 2.00 bits per heavy atom. The third-order valence-corrected chi connectivity index (χ3v) is 5.19. The second-order valence-corrected chi connectivity index (χ2v) is 7.58. The monoisotopic (exact) mass is 380 g/mol. The quantitative estimate of drug-likeness (QED) is 0.533. The topological polar surface area (TPSA) is 51.0 Å². The van der Waals surface area contributed by atoms with Crippen molar-refractivity contribution in [3.8, 4) is 5.69 Å². The van der Waals surface area contributed by atoms with Gasteiger partial charge in [-0.2, -0.15) is 5.10 Å². The van der Waals surface area contributed by atoms with E-state index >= 15 is 0 Å². The summed E-state index contributed by atoms with van der Waals surface area (Å²) in [5, 5.41) is 5.28. The maximum atomic E-state index is 13.1. The van der Waals surface area contributed by atoms with Crippen LogP contribution in [0.3, 0.4) is 0 Å². The predicted octanol–water partition coefficient (Wildman–Crippen LogP) is 4.20. The summed E-state index contributed by atoms with van der Waals surface area (Å²) in [6.07, 6.45) is 3.55. The molecule has 136 valence electrons. The lowest BCUT2D eigenvalue weighted by molar-refractivity contribution is 0.0785. The average molecular weight is 380 g/mol. The molecule has 0 N–H and O–H groups in total. The molecule has 0 aliphatic rings. The van der Waals surface area contributed by atoms with Crippen molar-refractivity contribution in [2.24, 2.45) is 0 Å². The van der Waals surface area contributed by atoms with Crippen molar-refractivity contribution in [2.75, 3.05) is 7.05 Å². The van der Waals surface area contributed by atoms with Crippen LogP contribution in [0.25, 0.3) is 15.9 Å². The highest BCUT2D eigenvalue weighted by molar-refractivity contribution is 7.18. The van der Waals surface area contributed by atoms with E-state index < -0.39 is 0 Å². The van der Waals surface area contributed by atoms with Crippen LogP contribution in [0.15, 0.2) is 54.9 Å². The highest BCUT2D eigenvalue weighted by Crippen LogP contribution is 2.23. The van der Waals surface area contributed by atoms with Gasteiger partial charge in [0.15, 0.2) is 0 Å². The number of nitrogens with zero attached hydrogens (tertiary/aromatic N) is 4. The molecule has 0 spiro atoms. The number of fused-ring (bicyclic) bond motifs is 1. The number of hydrogen-bond acceptors (Lipinski definition) is 4. The third kappa shape index (κ3) is 3.59. The minimum Gasteiger partial charge on any atom is -0.337 e. The molecule has 2 aromatic heterocycles. The lowest BCUT2D eigenvalue weighted by Crippen LogP contribution is -2.26. The number of amides is 1. The van der Waals surface area contributed by atoms with Crippen LogP contribution >= 0.6 is 11.3 Å². The molecular formula is C20H17FN4OS. The second-order valence-electron chi connectivity index (χ2n) is 6.35. The van der Waals surface area contributed by atoms with Crippen molar-refractivity contribution < 1.29 is 9.18 Å². The molecule has 0 unspecified atom stereocenters. The number of benzene rings is 2. The first-order valence-electron chi connectivity index (χ1n) is 8.42. The summed E-state index contributed by atoms with van der Waals surface area (Å²) in [5.74, 6) is -0.360. The van der Waals surface area contributed by atoms with Gasteiger partial charge in [0, 0.05) is 30.9 Å². The number of rotatable bonds is 4. The molecule has 0 aliphatic carbocycles. The molecule has 27 heavy (non-hydrogen) atoms. The van der Waals surface area contributed by atoms with Gasteiger partial charge in [0.2, 0.25) is 0 Å². The minimum absolute atomic E-state index is 0.0721. The molecule has 0 fully saturated rings. The van der Waals surface area contributed by atoms with Gasteiger partial charge in [-0.05, 0) is 49.4 Å². The van der Waals surface area contributed by atoms with Crippen molar-refractivity contribution >= 4 is 27.5 Å². The fraction of sp³-hybridized carbons (Fsp3) is 0.150. The molecule has 5 nitrogen and oxygen atoms in total. The summed E-state index contributed by atoms with van der Waals surface area (Å²) >= 11 is 1.61.